The van der Waals surface area contributed by atoms with Gasteiger partial charge in [-0.15, -0.1) is 0 Å². The van der Waals surface area contributed by atoms with Gasteiger partial charge >= 0.3 is 0 Å². The highest BCUT2D eigenvalue weighted by molar-refractivity contribution is 6.31. The number of carbonyl (C=O) groups excluding carboxylic acids is 1. The third-order valence-electron chi connectivity index (χ3n) is 2.79. The molecule has 0 radical (unpaired) electrons. The average molecular weight is 264 g/mol. The van der Waals surface area contributed by atoms with Crippen molar-refractivity contribution in [1.82, 2.24) is 5.32 Å². The number of rotatable bonds is 5. The lowest BCUT2D eigenvalue weighted by Crippen LogP contribution is -2.29. The Morgan fingerprint density at radius 2 is 2.28 bits per heavy atom. The summed E-state index contributed by atoms with van der Waals surface area (Å²) in [6.07, 6.45) is 2.50. The quantitative estimate of drug-likeness (QED) is 0.856. The highest BCUT2D eigenvalue weighted by Gasteiger charge is 2.20. The van der Waals surface area contributed by atoms with Gasteiger partial charge in [0.05, 0.1) is 17.8 Å². The molecule has 1 aliphatic rings. The second-order valence-corrected chi connectivity index (χ2v) is 4.86. The Bertz CT molecular complexity index is 491. The van der Waals surface area contributed by atoms with E-state index in [1.807, 2.05) is 6.07 Å². The van der Waals surface area contributed by atoms with Crippen molar-refractivity contribution in [3.8, 4) is 6.07 Å². The van der Waals surface area contributed by atoms with E-state index in [0.717, 1.165) is 12.5 Å². The van der Waals surface area contributed by atoms with E-state index in [4.69, 9.17) is 16.9 Å². The van der Waals surface area contributed by atoms with E-state index in [1.165, 1.54) is 12.8 Å². The first kappa shape index (κ1) is 12.9. The summed E-state index contributed by atoms with van der Waals surface area (Å²) in [5, 5.41) is 15.2. The van der Waals surface area contributed by atoms with Crippen LogP contribution in [0.15, 0.2) is 18.2 Å². The number of nitriles is 1. The standard InChI is InChI=1S/C13H14ClN3O/c14-11-4-3-10(6-15)12(5-11)17-13(18)8-16-7-9-1-2-9/h3-5,9,16H,1-2,7-8H2,(H,17,18). The number of carbonyl (C=O) groups is 1. The van der Waals surface area contributed by atoms with E-state index in [1.54, 1.807) is 18.2 Å². The number of hydrogen-bond acceptors (Lipinski definition) is 3. The Hall–Kier alpha value is -1.57. The molecule has 2 N–H and O–H groups in total. The second kappa shape index (κ2) is 5.85. The molecule has 5 heteroatoms. The average Bonchev–Trinajstić information content (AvgIpc) is 3.13. The third kappa shape index (κ3) is 3.73. The van der Waals surface area contributed by atoms with Crippen LogP contribution in [0.1, 0.15) is 18.4 Å². The van der Waals surface area contributed by atoms with E-state index >= 15 is 0 Å². The molecule has 0 aromatic heterocycles. The van der Waals surface area contributed by atoms with E-state index < -0.39 is 0 Å². The van der Waals surface area contributed by atoms with E-state index in [2.05, 4.69) is 10.6 Å². The van der Waals surface area contributed by atoms with Gasteiger partial charge in [-0.25, -0.2) is 0 Å². The molecule has 0 aliphatic heterocycles. The van der Waals surface area contributed by atoms with Crippen molar-refractivity contribution >= 4 is 23.2 Å². The minimum absolute atomic E-state index is 0.158. The number of halogens is 1. The van der Waals surface area contributed by atoms with Gasteiger partial charge in [0.2, 0.25) is 5.91 Å². The Kier molecular flexibility index (Phi) is 4.19. The molecule has 4 nitrogen and oxygen atoms in total. The molecule has 1 aromatic rings. The van der Waals surface area contributed by atoms with E-state index in [9.17, 15) is 4.79 Å². The van der Waals surface area contributed by atoms with Gasteiger partial charge in [0.1, 0.15) is 6.07 Å². The molecule has 94 valence electrons. The lowest BCUT2D eigenvalue weighted by Gasteiger charge is -2.08. The minimum Gasteiger partial charge on any atom is -0.324 e. The highest BCUT2D eigenvalue weighted by Crippen LogP contribution is 2.27. The molecule has 18 heavy (non-hydrogen) atoms. The van der Waals surface area contributed by atoms with Gasteiger partial charge in [0, 0.05) is 5.02 Å². The summed E-state index contributed by atoms with van der Waals surface area (Å²) in [5.74, 6) is 0.577. The van der Waals surface area contributed by atoms with Gasteiger partial charge in [-0.05, 0) is 43.5 Å². The smallest absolute Gasteiger partial charge is 0.238 e. The zero-order valence-electron chi connectivity index (χ0n) is 9.87. The Balaban J connectivity index is 1.88. The fourth-order valence-electron chi connectivity index (χ4n) is 1.62. The lowest BCUT2D eigenvalue weighted by atomic mass is 10.2. The minimum atomic E-state index is -0.158. The maximum atomic E-state index is 11.7. The van der Waals surface area contributed by atoms with Crippen molar-refractivity contribution in [3.05, 3.63) is 28.8 Å². The van der Waals surface area contributed by atoms with Crippen LogP contribution >= 0.6 is 11.6 Å². The molecule has 0 saturated heterocycles. The fraction of sp³-hybridized carbons (Fsp3) is 0.385. The maximum Gasteiger partial charge on any atom is 0.238 e. The molecular weight excluding hydrogens is 250 g/mol. The van der Waals surface area contributed by atoms with Crippen LogP contribution in [0, 0.1) is 17.2 Å². The van der Waals surface area contributed by atoms with Crippen LogP contribution in [0.2, 0.25) is 5.02 Å². The van der Waals surface area contributed by atoms with Crippen LogP contribution in [-0.4, -0.2) is 19.0 Å². The largest absolute Gasteiger partial charge is 0.324 e. The van der Waals surface area contributed by atoms with Crippen molar-refractivity contribution in [2.45, 2.75) is 12.8 Å². The van der Waals surface area contributed by atoms with Gasteiger partial charge in [-0.2, -0.15) is 5.26 Å². The van der Waals surface area contributed by atoms with Gasteiger partial charge in [-0.1, -0.05) is 11.6 Å². The van der Waals surface area contributed by atoms with Crippen LogP contribution in [0.25, 0.3) is 0 Å². The molecule has 0 heterocycles. The topological polar surface area (TPSA) is 64.9 Å². The van der Waals surface area contributed by atoms with Gasteiger partial charge in [0.25, 0.3) is 0 Å². The van der Waals surface area contributed by atoms with Crippen LogP contribution in [0.5, 0.6) is 0 Å². The summed E-state index contributed by atoms with van der Waals surface area (Å²) in [5.41, 5.74) is 0.873. The summed E-state index contributed by atoms with van der Waals surface area (Å²) in [7, 11) is 0. The number of nitrogens with one attached hydrogen (secondary N) is 2. The van der Waals surface area contributed by atoms with E-state index in [-0.39, 0.29) is 12.5 Å². The first-order valence-corrected chi connectivity index (χ1v) is 6.27. The summed E-state index contributed by atoms with van der Waals surface area (Å²) in [6.45, 7) is 1.14. The van der Waals surface area contributed by atoms with Crippen molar-refractivity contribution in [1.29, 1.82) is 5.26 Å². The lowest BCUT2D eigenvalue weighted by molar-refractivity contribution is -0.115. The predicted octanol–water partition coefficient (Wildman–Crippen LogP) is 2.15. The van der Waals surface area contributed by atoms with Crippen molar-refractivity contribution < 1.29 is 4.79 Å². The molecule has 1 saturated carbocycles. The maximum absolute atomic E-state index is 11.7. The fourth-order valence-corrected chi connectivity index (χ4v) is 1.80. The highest BCUT2D eigenvalue weighted by atomic mass is 35.5. The van der Waals surface area contributed by atoms with Gasteiger partial charge < -0.3 is 10.6 Å². The number of hydrogen-bond donors (Lipinski definition) is 2. The zero-order valence-corrected chi connectivity index (χ0v) is 10.6. The van der Waals surface area contributed by atoms with E-state index in [0.29, 0.717) is 16.3 Å². The zero-order chi connectivity index (χ0) is 13.0. The van der Waals surface area contributed by atoms with Crippen molar-refractivity contribution in [2.24, 2.45) is 5.92 Å². The monoisotopic (exact) mass is 263 g/mol. The third-order valence-corrected chi connectivity index (χ3v) is 3.03. The number of amides is 1. The summed E-state index contributed by atoms with van der Waals surface area (Å²) < 4.78 is 0. The molecule has 1 amide bonds. The molecular formula is C13H14ClN3O. The molecule has 1 aliphatic carbocycles. The van der Waals surface area contributed by atoms with Crippen molar-refractivity contribution in [2.75, 3.05) is 18.4 Å². The van der Waals surface area contributed by atoms with Crippen LogP contribution in [0.3, 0.4) is 0 Å². The van der Waals surface area contributed by atoms with Crippen LogP contribution in [-0.2, 0) is 4.79 Å². The number of benzene rings is 1. The Morgan fingerprint density at radius 3 is 2.94 bits per heavy atom. The summed E-state index contributed by atoms with van der Waals surface area (Å²) >= 11 is 5.84. The molecule has 0 bridgehead atoms. The SMILES string of the molecule is N#Cc1ccc(Cl)cc1NC(=O)CNCC1CC1. The normalized spacial score (nSPS) is 14.0. The van der Waals surface area contributed by atoms with Crippen LogP contribution < -0.4 is 10.6 Å². The second-order valence-electron chi connectivity index (χ2n) is 4.42. The van der Waals surface area contributed by atoms with Crippen LogP contribution in [0.4, 0.5) is 5.69 Å². The first-order chi connectivity index (χ1) is 8.69. The predicted molar refractivity (Wildman–Crippen MR) is 70.4 cm³/mol. The first-order valence-electron chi connectivity index (χ1n) is 5.89. The van der Waals surface area contributed by atoms with Gasteiger partial charge in [0.15, 0.2) is 0 Å². The molecule has 0 unspecified atom stereocenters. The number of anilines is 1. The number of nitrogens with zero attached hydrogens (tertiary/aromatic N) is 1. The Morgan fingerprint density at radius 1 is 1.50 bits per heavy atom. The Labute approximate surface area is 111 Å². The summed E-state index contributed by atoms with van der Waals surface area (Å²) in [4.78, 5) is 11.7. The summed E-state index contributed by atoms with van der Waals surface area (Å²) in [6, 6.07) is 6.82. The molecule has 0 spiro atoms. The molecule has 1 aromatic carbocycles. The van der Waals surface area contributed by atoms with Gasteiger partial charge in [-0.3, -0.25) is 4.79 Å². The molecule has 2 rings (SSSR count). The molecule has 1 fully saturated rings. The molecule has 0 atom stereocenters. The van der Waals surface area contributed by atoms with Crippen molar-refractivity contribution in [3.63, 3.8) is 0 Å².